The van der Waals surface area contributed by atoms with Crippen molar-refractivity contribution in [2.75, 3.05) is 26.7 Å². The molecule has 1 rings (SSSR count). The number of hydrogen-bond acceptors (Lipinski definition) is 3. The summed E-state index contributed by atoms with van der Waals surface area (Å²) in [7, 11) is 2.13. The Kier molecular flexibility index (Phi) is 3.34. The molecule has 1 N–H and O–H groups in total. The first-order chi connectivity index (χ1) is 5.33. The average Bonchev–Trinajstić information content (AvgIpc) is 2.37. The van der Waals surface area contributed by atoms with Crippen molar-refractivity contribution in [3.05, 3.63) is 0 Å². The molecule has 0 aromatic heterocycles. The van der Waals surface area contributed by atoms with Gasteiger partial charge in [0.2, 0.25) is 0 Å². The first kappa shape index (κ1) is 8.51. The second kappa shape index (κ2) is 4.32. The van der Waals surface area contributed by atoms with Crippen LogP contribution < -0.4 is 5.32 Å². The van der Waals surface area contributed by atoms with Crippen LogP contribution in [0.1, 0.15) is 12.8 Å². The molecule has 1 heterocycles. The number of nitrogens with zero attached hydrogens (tertiary/aromatic N) is 2. The Labute approximate surface area is 68.0 Å². The van der Waals surface area contributed by atoms with Crippen LogP contribution in [-0.2, 0) is 0 Å². The maximum absolute atomic E-state index is 8.29. The molecule has 0 spiro atoms. The lowest BCUT2D eigenvalue weighted by molar-refractivity contribution is 0.399. The van der Waals surface area contributed by atoms with Crippen LogP contribution in [0, 0.1) is 11.3 Å². The fraction of sp³-hybridized carbons (Fsp3) is 0.875. The van der Waals surface area contributed by atoms with Gasteiger partial charge in [-0.05, 0) is 20.0 Å². The first-order valence-corrected chi connectivity index (χ1v) is 4.12. The Morgan fingerprint density at radius 2 is 2.55 bits per heavy atom. The zero-order valence-corrected chi connectivity index (χ0v) is 7.01. The number of likely N-dealkylation sites (N-methyl/N-ethyl adjacent to an activating group) is 1. The van der Waals surface area contributed by atoms with Gasteiger partial charge >= 0.3 is 0 Å². The van der Waals surface area contributed by atoms with Gasteiger partial charge in [-0.3, -0.25) is 0 Å². The van der Waals surface area contributed by atoms with E-state index in [0.717, 1.165) is 13.1 Å². The minimum absolute atomic E-state index is 0.619. The summed E-state index contributed by atoms with van der Waals surface area (Å²) in [5.74, 6) is 0. The summed E-state index contributed by atoms with van der Waals surface area (Å²) in [6, 6.07) is 2.75. The molecule has 0 aromatic carbocycles. The summed E-state index contributed by atoms with van der Waals surface area (Å²) in [4.78, 5) is 2.31. The minimum atomic E-state index is 0.619. The SMILES string of the molecule is CN1CC[C@@H](NCCC#N)C1. The van der Waals surface area contributed by atoms with E-state index in [1.807, 2.05) is 0 Å². The summed E-state index contributed by atoms with van der Waals surface area (Å²) in [5, 5.41) is 11.6. The third kappa shape index (κ3) is 2.87. The zero-order valence-electron chi connectivity index (χ0n) is 7.01. The maximum atomic E-state index is 8.29. The summed E-state index contributed by atoms with van der Waals surface area (Å²) >= 11 is 0. The molecular weight excluding hydrogens is 138 g/mol. The van der Waals surface area contributed by atoms with Crippen LogP contribution in [0.2, 0.25) is 0 Å². The van der Waals surface area contributed by atoms with E-state index in [-0.39, 0.29) is 0 Å². The molecule has 0 unspecified atom stereocenters. The van der Waals surface area contributed by atoms with E-state index in [0.29, 0.717) is 12.5 Å². The summed E-state index contributed by atoms with van der Waals surface area (Å²) in [5.41, 5.74) is 0. The third-order valence-corrected chi connectivity index (χ3v) is 2.06. The van der Waals surface area contributed by atoms with Crippen molar-refractivity contribution in [1.82, 2.24) is 10.2 Å². The Bertz CT molecular complexity index is 150. The summed E-state index contributed by atoms with van der Waals surface area (Å²) in [6.07, 6.45) is 1.85. The van der Waals surface area contributed by atoms with Gasteiger partial charge in [0.05, 0.1) is 6.07 Å². The molecule has 0 amide bonds. The summed E-state index contributed by atoms with van der Waals surface area (Å²) in [6.45, 7) is 3.16. The molecule has 1 aliphatic heterocycles. The Balaban J connectivity index is 2.05. The van der Waals surface area contributed by atoms with Crippen LogP contribution in [0.5, 0.6) is 0 Å². The smallest absolute Gasteiger partial charge is 0.0635 e. The predicted molar refractivity (Wildman–Crippen MR) is 44.1 cm³/mol. The van der Waals surface area contributed by atoms with Gasteiger partial charge in [0.15, 0.2) is 0 Å². The van der Waals surface area contributed by atoms with Crippen molar-refractivity contribution in [3.63, 3.8) is 0 Å². The van der Waals surface area contributed by atoms with Crippen molar-refractivity contribution >= 4 is 0 Å². The predicted octanol–water partition coefficient (Wildman–Crippen LogP) is 0.194. The van der Waals surface area contributed by atoms with Gasteiger partial charge in [0.25, 0.3) is 0 Å². The van der Waals surface area contributed by atoms with Crippen LogP contribution >= 0.6 is 0 Å². The largest absolute Gasteiger partial charge is 0.312 e. The highest BCUT2D eigenvalue weighted by Crippen LogP contribution is 2.05. The highest BCUT2D eigenvalue weighted by atomic mass is 15.2. The Morgan fingerprint density at radius 3 is 3.09 bits per heavy atom. The van der Waals surface area contributed by atoms with E-state index in [9.17, 15) is 0 Å². The number of hydrogen-bond donors (Lipinski definition) is 1. The molecule has 1 atom stereocenters. The van der Waals surface area contributed by atoms with E-state index in [2.05, 4.69) is 23.3 Å². The standard InChI is InChI=1S/C8H15N3/c1-11-6-3-8(7-11)10-5-2-4-9/h8,10H,2-3,5-7H2,1H3/t8-/m1/s1. The number of likely N-dealkylation sites (tertiary alicyclic amines) is 1. The molecule has 1 saturated heterocycles. The van der Waals surface area contributed by atoms with Crippen molar-refractivity contribution in [1.29, 1.82) is 5.26 Å². The molecule has 3 heteroatoms. The lowest BCUT2D eigenvalue weighted by Crippen LogP contribution is -2.31. The highest BCUT2D eigenvalue weighted by molar-refractivity contribution is 4.80. The fourth-order valence-corrected chi connectivity index (χ4v) is 1.43. The van der Waals surface area contributed by atoms with Gasteiger partial charge in [-0.25, -0.2) is 0 Å². The zero-order chi connectivity index (χ0) is 8.10. The van der Waals surface area contributed by atoms with Crippen LogP contribution in [-0.4, -0.2) is 37.6 Å². The average molecular weight is 153 g/mol. The van der Waals surface area contributed by atoms with Crippen LogP contribution in [0.4, 0.5) is 0 Å². The van der Waals surface area contributed by atoms with Crippen LogP contribution in [0.3, 0.4) is 0 Å². The van der Waals surface area contributed by atoms with E-state index in [4.69, 9.17) is 5.26 Å². The number of nitriles is 1. The van der Waals surface area contributed by atoms with Crippen molar-refractivity contribution in [2.45, 2.75) is 18.9 Å². The van der Waals surface area contributed by atoms with Crippen LogP contribution in [0.15, 0.2) is 0 Å². The van der Waals surface area contributed by atoms with Crippen molar-refractivity contribution in [2.24, 2.45) is 0 Å². The topological polar surface area (TPSA) is 39.1 Å². The Morgan fingerprint density at radius 1 is 1.73 bits per heavy atom. The lowest BCUT2D eigenvalue weighted by atomic mass is 10.2. The van der Waals surface area contributed by atoms with Gasteiger partial charge in [-0.2, -0.15) is 5.26 Å². The van der Waals surface area contributed by atoms with Gasteiger partial charge < -0.3 is 10.2 Å². The molecule has 62 valence electrons. The van der Waals surface area contributed by atoms with Gasteiger partial charge in [0.1, 0.15) is 0 Å². The van der Waals surface area contributed by atoms with E-state index >= 15 is 0 Å². The molecule has 0 saturated carbocycles. The number of nitrogens with one attached hydrogen (secondary N) is 1. The molecule has 0 radical (unpaired) electrons. The maximum Gasteiger partial charge on any atom is 0.0635 e. The Hall–Kier alpha value is -0.590. The first-order valence-electron chi connectivity index (χ1n) is 4.12. The fourth-order valence-electron chi connectivity index (χ4n) is 1.43. The molecule has 1 aliphatic rings. The molecule has 11 heavy (non-hydrogen) atoms. The van der Waals surface area contributed by atoms with E-state index in [1.165, 1.54) is 13.0 Å². The van der Waals surface area contributed by atoms with E-state index < -0.39 is 0 Å². The molecule has 0 bridgehead atoms. The molecule has 1 fully saturated rings. The van der Waals surface area contributed by atoms with Crippen molar-refractivity contribution < 1.29 is 0 Å². The second-order valence-corrected chi connectivity index (χ2v) is 3.11. The van der Waals surface area contributed by atoms with Crippen molar-refractivity contribution in [3.8, 4) is 6.07 Å². The molecular formula is C8H15N3. The van der Waals surface area contributed by atoms with Crippen LogP contribution in [0.25, 0.3) is 0 Å². The van der Waals surface area contributed by atoms with Gasteiger partial charge in [-0.1, -0.05) is 0 Å². The van der Waals surface area contributed by atoms with E-state index in [1.54, 1.807) is 0 Å². The second-order valence-electron chi connectivity index (χ2n) is 3.11. The quantitative estimate of drug-likeness (QED) is 0.588. The van der Waals surface area contributed by atoms with Gasteiger partial charge in [-0.15, -0.1) is 0 Å². The highest BCUT2D eigenvalue weighted by Gasteiger charge is 2.17. The molecule has 0 aliphatic carbocycles. The number of rotatable bonds is 3. The molecule has 3 nitrogen and oxygen atoms in total. The summed E-state index contributed by atoms with van der Waals surface area (Å²) < 4.78 is 0. The minimum Gasteiger partial charge on any atom is -0.312 e. The lowest BCUT2D eigenvalue weighted by Gasteiger charge is -2.10. The third-order valence-electron chi connectivity index (χ3n) is 2.06. The molecule has 0 aromatic rings. The normalized spacial score (nSPS) is 25.3. The monoisotopic (exact) mass is 153 g/mol. The van der Waals surface area contributed by atoms with Gasteiger partial charge in [0, 0.05) is 25.6 Å².